The van der Waals surface area contributed by atoms with Crippen LogP contribution in [0.3, 0.4) is 0 Å². The van der Waals surface area contributed by atoms with E-state index in [9.17, 15) is 14.4 Å². The van der Waals surface area contributed by atoms with E-state index in [2.05, 4.69) is 18.2 Å². The van der Waals surface area contributed by atoms with Gasteiger partial charge in [0.2, 0.25) is 0 Å². The molecule has 0 aromatic heterocycles. The molecule has 112 valence electrons. The van der Waals surface area contributed by atoms with E-state index in [0.29, 0.717) is 18.6 Å². The largest absolute Gasteiger partial charge is 0.462 e. The van der Waals surface area contributed by atoms with Gasteiger partial charge in [-0.05, 0) is 12.8 Å². The molecule has 1 rings (SSSR count). The minimum Gasteiger partial charge on any atom is -0.462 e. The van der Waals surface area contributed by atoms with Crippen molar-refractivity contribution in [2.45, 2.75) is 46.0 Å². The van der Waals surface area contributed by atoms with Crippen LogP contribution in [0.5, 0.6) is 0 Å². The molecule has 1 aliphatic rings. The molecule has 0 unspecified atom stereocenters. The van der Waals surface area contributed by atoms with Crippen LogP contribution in [-0.4, -0.2) is 24.5 Å². The summed E-state index contributed by atoms with van der Waals surface area (Å²) >= 11 is 0. The summed E-state index contributed by atoms with van der Waals surface area (Å²) in [5.74, 6) is -1.39. The van der Waals surface area contributed by atoms with Crippen LogP contribution < -0.4 is 0 Å². The molecule has 0 aromatic carbocycles. The van der Waals surface area contributed by atoms with Crippen molar-refractivity contribution in [3.05, 3.63) is 24.3 Å². The van der Waals surface area contributed by atoms with Gasteiger partial charge in [0, 0.05) is 17.7 Å². The van der Waals surface area contributed by atoms with Crippen molar-refractivity contribution in [3.63, 3.8) is 0 Å². The van der Waals surface area contributed by atoms with Gasteiger partial charge in [0.05, 0.1) is 6.61 Å². The Balaban J connectivity index is 0.000000428. The second-order valence-electron chi connectivity index (χ2n) is 4.23. The molecule has 0 N–H and O–H groups in total. The molecule has 0 saturated carbocycles. The van der Waals surface area contributed by atoms with Gasteiger partial charge in [-0.25, -0.2) is 14.4 Å². The smallest absolute Gasteiger partial charge is 0.338 e. The molecule has 0 bridgehead atoms. The molecule has 0 fully saturated rings. The molecule has 1 heterocycles. The fourth-order valence-electron chi connectivity index (χ4n) is 1.24. The lowest BCUT2D eigenvalue weighted by Gasteiger charge is -2.04. The Kier molecular flexibility index (Phi) is 9.92. The van der Waals surface area contributed by atoms with Crippen molar-refractivity contribution in [3.8, 4) is 0 Å². The van der Waals surface area contributed by atoms with E-state index in [1.807, 2.05) is 6.92 Å². The maximum Gasteiger partial charge on any atom is 0.338 e. The van der Waals surface area contributed by atoms with Crippen LogP contribution in [-0.2, 0) is 23.9 Å². The number of hydrogen-bond donors (Lipinski definition) is 0. The number of cyclic esters (lactones) is 2. The van der Waals surface area contributed by atoms with Crippen molar-refractivity contribution in [1.29, 1.82) is 0 Å². The van der Waals surface area contributed by atoms with E-state index >= 15 is 0 Å². The van der Waals surface area contributed by atoms with E-state index in [4.69, 9.17) is 4.74 Å². The van der Waals surface area contributed by atoms with Crippen molar-refractivity contribution < 1.29 is 23.9 Å². The Labute approximate surface area is 119 Å². The van der Waals surface area contributed by atoms with Crippen LogP contribution in [0, 0.1) is 0 Å². The molecule has 0 aliphatic carbocycles. The molecule has 5 nitrogen and oxygen atoms in total. The van der Waals surface area contributed by atoms with Gasteiger partial charge < -0.3 is 9.47 Å². The molecule has 0 amide bonds. The van der Waals surface area contributed by atoms with Crippen LogP contribution in [0.15, 0.2) is 24.3 Å². The summed E-state index contributed by atoms with van der Waals surface area (Å²) in [4.78, 5) is 30.9. The van der Waals surface area contributed by atoms with Gasteiger partial charge in [-0.2, -0.15) is 0 Å². The average Bonchev–Trinajstić information content (AvgIpc) is 2.81. The monoisotopic (exact) mass is 282 g/mol. The molecule has 0 aromatic rings. The Morgan fingerprint density at radius 1 is 1.15 bits per heavy atom. The third-order valence-electron chi connectivity index (χ3n) is 2.50. The van der Waals surface area contributed by atoms with Crippen molar-refractivity contribution >= 4 is 17.9 Å². The van der Waals surface area contributed by atoms with E-state index < -0.39 is 11.9 Å². The zero-order chi connectivity index (χ0) is 15.4. The van der Waals surface area contributed by atoms with E-state index in [1.54, 1.807) is 0 Å². The maximum absolute atomic E-state index is 11.1. The van der Waals surface area contributed by atoms with Crippen molar-refractivity contribution in [2.24, 2.45) is 0 Å². The zero-order valence-electron chi connectivity index (χ0n) is 12.1. The lowest BCUT2D eigenvalue weighted by molar-refractivity contribution is -0.150. The third-order valence-corrected chi connectivity index (χ3v) is 2.50. The average molecular weight is 282 g/mol. The van der Waals surface area contributed by atoms with E-state index in [0.717, 1.165) is 25.0 Å². The lowest BCUT2D eigenvalue weighted by atomic mass is 10.2. The fourth-order valence-corrected chi connectivity index (χ4v) is 1.24. The highest BCUT2D eigenvalue weighted by molar-refractivity contribution is 6.04. The minimum absolute atomic E-state index is 0.237. The highest BCUT2D eigenvalue weighted by atomic mass is 16.6. The number of carbonyl (C=O) groups is 3. The Hall–Kier alpha value is -1.91. The molecule has 5 heteroatoms. The third kappa shape index (κ3) is 9.08. The molecule has 0 atom stereocenters. The predicted molar refractivity (Wildman–Crippen MR) is 74.8 cm³/mol. The second kappa shape index (κ2) is 11.0. The van der Waals surface area contributed by atoms with Gasteiger partial charge in [-0.3, -0.25) is 0 Å². The Morgan fingerprint density at radius 3 is 2.15 bits per heavy atom. The van der Waals surface area contributed by atoms with Crippen molar-refractivity contribution in [1.82, 2.24) is 0 Å². The summed E-state index contributed by atoms with van der Waals surface area (Å²) in [7, 11) is 0. The number of carbonyl (C=O) groups excluding carboxylic acids is 3. The summed E-state index contributed by atoms with van der Waals surface area (Å²) in [6.45, 7) is 8.21. The summed E-state index contributed by atoms with van der Waals surface area (Å²) in [5, 5.41) is 0. The first-order chi connectivity index (χ1) is 9.51. The van der Waals surface area contributed by atoms with Gasteiger partial charge in [-0.1, -0.05) is 39.7 Å². The predicted octanol–water partition coefficient (Wildman–Crippen LogP) is 2.70. The summed E-state index contributed by atoms with van der Waals surface area (Å²) in [6, 6.07) is 0. The zero-order valence-corrected chi connectivity index (χ0v) is 12.1. The molecular formula is C15H22O5. The van der Waals surface area contributed by atoms with E-state index in [1.165, 1.54) is 12.8 Å². The molecular weight excluding hydrogens is 260 g/mol. The van der Waals surface area contributed by atoms with Crippen LogP contribution in [0.25, 0.3) is 0 Å². The van der Waals surface area contributed by atoms with Gasteiger partial charge in [0.1, 0.15) is 0 Å². The Bertz CT molecular complexity index is 366. The first-order valence-corrected chi connectivity index (χ1v) is 6.80. The standard InChI is InChI=1S/C11H20O2.C4H2O3/c1-4-6-7-8-9-13-11(12)10(3)5-2;5-3-1-2-4(6)7-3/h3-9H2,1-2H3;1-2H. The van der Waals surface area contributed by atoms with Crippen LogP contribution in [0.2, 0.25) is 0 Å². The second-order valence-corrected chi connectivity index (χ2v) is 4.23. The molecule has 1 aliphatic heterocycles. The van der Waals surface area contributed by atoms with Gasteiger partial charge in [0.25, 0.3) is 0 Å². The number of unbranched alkanes of at least 4 members (excludes halogenated alkanes) is 3. The molecule has 20 heavy (non-hydrogen) atoms. The maximum atomic E-state index is 11.1. The Morgan fingerprint density at radius 2 is 1.75 bits per heavy atom. The fraction of sp³-hybridized carbons (Fsp3) is 0.533. The summed E-state index contributed by atoms with van der Waals surface area (Å²) < 4.78 is 8.98. The number of rotatable bonds is 7. The summed E-state index contributed by atoms with van der Waals surface area (Å²) in [6.07, 6.45) is 7.37. The van der Waals surface area contributed by atoms with Crippen molar-refractivity contribution in [2.75, 3.05) is 6.61 Å². The highest BCUT2D eigenvalue weighted by Gasteiger charge is 2.10. The van der Waals surface area contributed by atoms with Gasteiger partial charge in [-0.15, -0.1) is 0 Å². The van der Waals surface area contributed by atoms with Crippen LogP contribution in [0.4, 0.5) is 0 Å². The summed E-state index contributed by atoms with van der Waals surface area (Å²) in [5.41, 5.74) is 0.565. The minimum atomic E-state index is -0.579. The van der Waals surface area contributed by atoms with Crippen LogP contribution in [0.1, 0.15) is 46.0 Å². The normalized spacial score (nSPS) is 12.5. The number of hydrogen-bond acceptors (Lipinski definition) is 5. The SMILES string of the molecule is C=C(CC)C(=O)OCCCCCC.O=C1C=CC(=O)O1. The number of esters is 3. The topological polar surface area (TPSA) is 69.7 Å². The highest BCUT2D eigenvalue weighted by Crippen LogP contribution is 2.03. The molecule has 0 saturated heterocycles. The number of ether oxygens (including phenoxy) is 2. The first-order valence-electron chi connectivity index (χ1n) is 6.80. The van der Waals surface area contributed by atoms with Gasteiger partial charge >= 0.3 is 17.9 Å². The quantitative estimate of drug-likeness (QED) is 0.311. The van der Waals surface area contributed by atoms with Crippen LogP contribution >= 0.6 is 0 Å². The van der Waals surface area contributed by atoms with Gasteiger partial charge in [0.15, 0.2) is 0 Å². The molecule has 0 radical (unpaired) electrons. The molecule has 0 spiro atoms. The van der Waals surface area contributed by atoms with E-state index in [-0.39, 0.29) is 5.97 Å². The lowest BCUT2D eigenvalue weighted by Crippen LogP contribution is -2.07. The first kappa shape index (κ1) is 18.1.